The van der Waals surface area contributed by atoms with Crippen LogP contribution in [0.25, 0.3) is 0 Å². The maximum absolute atomic E-state index is 12.1. The summed E-state index contributed by atoms with van der Waals surface area (Å²) in [6, 6.07) is 0.255. The second kappa shape index (κ2) is 7.24. The molecule has 0 aromatic rings. The predicted octanol–water partition coefficient (Wildman–Crippen LogP) is 0.619. The molecule has 0 bridgehead atoms. The fourth-order valence-electron chi connectivity index (χ4n) is 2.06. The van der Waals surface area contributed by atoms with Crippen LogP contribution in [0.3, 0.4) is 0 Å². The minimum absolute atomic E-state index is 0.127. The highest BCUT2D eigenvalue weighted by atomic mass is 32.2. The van der Waals surface area contributed by atoms with Crippen LogP contribution in [0.1, 0.15) is 20.3 Å². The first-order valence-corrected chi connectivity index (χ1v) is 7.73. The van der Waals surface area contributed by atoms with Crippen molar-refractivity contribution in [2.24, 2.45) is 5.73 Å². The molecule has 1 heterocycles. The van der Waals surface area contributed by atoms with Gasteiger partial charge < -0.3 is 10.6 Å². The average Bonchev–Trinajstić information content (AvgIpc) is 2.35. The summed E-state index contributed by atoms with van der Waals surface area (Å²) in [4.78, 5) is 16.4. The molecule has 0 aromatic heterocycles. The van der Waals surface area contributed by atoms with Crippen molar-refractivity contribution in [3.63, 3.8) is 0 Å². The van der Waals surface area contributed by atoms with E-state index >= 15 is 0 Å². The molecule has 0 radical (unpaired) electrons. The Hall–Kier alpha value is -0.260. The number of carbonyl (C=O) groups is 1. The SMILES string of the molecule is CSCC[C@H](N)C(=O)N1CCN(C(C)C)CC1. The Morgan fingerprint density at radius 3 is 2.35 bits per heavy atom. The van der Waals surface area contributed by atoms with Gasteiger partial charge in [0.05, 0.1) is 6.04 Å². The average molecular weight is 259 g/mol. The highest BCUT2D eigenvalue weighted by molar-refractivity contribution is 7.98. The molecule has 0 saturated carbocycles. The number of thioether (sulfide) groups is 1. The fraction of sp³-hybridized carbons (Fsp3) is 0.917. The van der Waals surface area contributed by atoms with Gasteiger partial charge in [0.25, 0.3) is 0 Å². The number of hydrogen-bond acceptors (Lipinski definition) is 4. The van der Waals surface area contributed by atoms with Gasteiger partial charge in [0.15, 0.2) is 0 Å². The highest BCUT2D eigenvalue weighted by Crippen LogP contribution is 2.08. The standard InChI is InChI=1S/C12H25N3OS/c1-10(2)14-5-7-15(8-6-14)12(16)11(13)4-9-17-3/h10-11H,4-9,13H2,1-3H3/t11-/m0/s1. The van der Waals surface area contributed by atoms with Crippen molar-refractivity contribution in [1.29, 1.82) is 0 Å². The van der Waals surface area contributed by atoms with Crippen LogP contribution in [-0.4, -0.2) is 66.0 Å². The first-order chi connectivity index (χ1) is 8.06. The van der Waals surface area contributed by atoms with E-state index in [1.165, 1.54) is 0 Å². The van der Waals surface area contributed by atoms with Crippen LogP contribution in [0.15, 0.2) is 0 Å². The van der Waals surface area contributed by atoms with Crippen LogP contribution in [0.4, 0.5) is 0 Å². The van der Waals surface area contributed by atoms with Crippen LogP contribution in [0, 0.1) is 0 Å². The Morgan fingerprint density at radius 1 is 1.29 bits per heavy atom. The molecule has 5 heteroatoms. The van der Waals surface area contributed by atoms with Crippen molar-refractivity contribution in [2.45, 2.75) is 32.4 Å². The highest BCUT2D eigenvalue weighted by Gasteiger charge is 2.25. The number of piperazine rings is 1. The Balaban J connectivity index is 2.35. The molecule has 2 N–H and O–H groups in total. The summed E-state index contributed by atoms with van der Waals surface area (Å²) in [6.45, 7) is 7.98. The molecule has 0 spiro atoms. The molecule has 0 unspecified atom stereocenters. The van der Waals surface area contributed by atoms with Crippen molar-refractivity contribution >= 4 is 17.7 Å². The molecule has 1 amide bonds. The van der Waals surface area contributed by atoms with Crippen LogP contribution in [-0.2, 0) is 4.79 Å². The van der Waals surface area contributed by atoms with Gasteiger partial charge in [0, 0.05) is 32.2 Å². The smallest absolute Gasteiger partial charge is 0.239 e. The predicted molar refractivity (Wildman–Crippen MR) is 74.3 cm³/mol. The molecule has 0 aliphatic carbocycles. The zero-order valence-corrected chi connectivity index (χ0v) is 12.0. The second-order valence-electron chi connectivity index (χ2n) is 4.84. The van der Waals surface area contributed by atoms with E-state index < -0.39 is 0 Å². The lowest BCUT2D eigenvalue weighted by atomic mass is 10.2. The summed E-state index contributed by atoms with van der Waals surface area (Å²) in [5, 5.41) is 0. The Labute approximate surface area is 109 Å². The van der Waals surface area contributed by atoms with E-state index in [-0.39, 0.29) is 11.9 Å². The van der Waals surface area contributed by atoms with Gasteiger partial charge in [-0.3, -0.25) is 9.69 Å². The second-order valence-corrected chi connectivity index (χ2v) is 5.83. The minimum atomic E-state index is -0.312. The molecule has 17 heavy (non-hydrogen) atoms. The molecule has 1 rings (SSSR count). The van der Waals surface area contributed by atoms with Gasteiger partial charge in [-0.15, -0.1) is 0 Å². The quantitative estimate of drug-likeness (QED) is 0.786. The van der Waals surface area contributed by atoms with Crippen LogP contribution >= 0.6 is 11.8 Å². The molecular weight excluding hydrogens is 234 g/mol. The topological polar surface area (TPSA) is 49.6 Å². The summed E-state index contributed by atoms with van der Waals surface area (Å²) in [5.74, 6) is 1.08. The first-order valence-electron chi connectivity index (χ1n) is 6.33. The van der Waals surface area contributed by atoms with Crippen molar-refractivity contribution in [3.05, 3.63) is 0 Å². The molecular formula is C12H25N3OS. The third-order valence-electron chi connectivity index (χ3n) is 3.31. The number of rotatable bonds is 5. The molecule has 1 fully saturated rings. The van der Waals surface area contributed by atoms with Crippen LogP contribution < -0.4 is 5.73 Å². The molecule has 1 atom stereocenters. The summed E-state index contributed by atoms with van der Waals surface area (Å²) in [5.41, 5.74) is 5.91. The van der Waals surface area contributed by atoms with Crippen molar-refractivity contribution < 1.29 is 4.79 Å². The zero-order chi connectivity index (χ0) is 12.8. The number of hydrogen-bond donors (Lipinski definition) is 1. The monoisotopic (exact) mass is 259 g/mol. The zero-order valence-electron chi connectivity index (χ0n) is 11.2. The summed E-state index contributed by atoms with van der Waals surface area (Å²) < 4.78 is 0. The fourth-order valence-corrected chi connectivity index (χ4v) is 2.55. The van der Waals surface area contributed by atoms with Crippen molar-refractivity contribution in [3.8, 4) is 0 Å². The van der Waals surface area contributed by atoms with Gasteiger partial charge in [-0.1, -0.05) is 0 Å². The third-order valence-corrected chi connectivity index (χ3v) is 3.95. The van der Waals surface area contributed by atoms with E-state index in [0.29, 0.717) is 6.04 Å². The first kappa shape index (κ1) is 14.8. The molecule has 1 saturated heterocycles. The largest absolute Gasteiger partial charge is 0.339 e. The van der Waals surface area contributed by atoms with Crippen molar-refractivity contribution in [1.82, 2.24) is 9.80 Å². The van der Waals surface area contributed by atoms with Gasteiger partial charge in [-0.2, -0.15) is 11.8 Å². The minimum Gasteiger partial charge on any atom is -0.339 e. The number of amides is 1. The van der Waals surface area contributed by atoms with E-state index in [9.17, 15) is 4.79 Å². The lowest BCUT2D eigenvalue weighted by Crippen LogP contribution is -2.54. The summed E-state index contributed by atoms with van der Waals surface area (Å²) in [7, 11) is 0. The Bertz CT molecular complexity index is 240. The van der Waals surface area contributed by atoms with Gasteiger partial charge in [-0.05, 0) is 32.3 Å². The maximum Gasteiger partial charge on any atom is 0.239 e. The van der Waals surface area contributed by atoms with Gasteiger partial charge in [0.2, 0.25) is 5.91 Å². The molecule has 4 nitrogen and oxygen atoms in total. The van der Waals surface area contributed by atoms with Gasteiger partial charge in [-0.25, -0.2) is 0 Å². The number of nitrogens with two attached hydrogens (primary N) is 1. The number of nitrogens with zero attached hydrogens (tertiary/aromatic N) is 2. The summed E-state index contributed by atoms with van der Waals surface area (Å²) >= 11 is 1.74. The molecule has 100 valence electrons. The number of carbonyl (C=O) groups excluding carboxylic acids is 1. The molecule has 1 aliphatic heterocycles. The summed E-state index contributed by atoms with van der Waals surface area (Å²) in [6.07, 6.45) is 2.82. The van der Waals surface area contributed by atoms with E-state index in [1.807, 2.05) is 11.2 Å². The lowest BCUT2D eigenvalue weighted by molar-refractivity contribution is -0.134. The van der Waals surface area contributed by atoms with Crippen LogP contribution in [0.5, 0.6) is 0 Å². The normalized spacial score (nSPS) is 19.7. The Kier molecular flexibility index (Phi) is 6.30. The van der Waals surface area contributed by atoms with Crippen LogP contribution in [0.2, 0.25) is 0 Å². The Morgan fingerprint density at radius 2 is 1.88 bits per heavy atom. The third kappa shape index (κ3) is 4.48. The maximum atomic E-state index is 12.1. The lowest BCUT2D eigenvalue weighted by Gasteiger charge is -2.37. The molecule has 0 aromatic carbocycles. The van der Waals surface area contributed by atoms with E-state index in [0.717, 1.165) is 38.4 Å². The van der Waals surface area contributed by atoms with E-state index in [2.05, 4.69) is 18.7 Å². The van der Waals surface area contributed by atoms with Gasteiger partial charge >= 0.3 is 0 Å². The van der Waals surface area contributed by atoms with E-state index in [4.69, 9.17) is 5.73 Å². The molecule has 1 aliphatic rings. The van der Waals surface area contributed by atoms with Crippen molar-refractivity contribution in [2.75, 3.05) is 38.2 Å². The van der Waals surface area contributed by atoms with E-state index in [1.54, 1.807) is 11.8 Å². The van der Waals surface area contributed by atoms with Gasteiger partial charge in [0.1, 0.15) is 0 Å².